The Morgan fingerprint density at radius 3 is 2.42 bits per heavy atom. The summed E-state index contributed by atoms with van der Waals surface area (Å²) in [6.45, 7) is 2.32. The van der Waals surface area contributed by atoms with Crippen LogP contribution < -0.4 is 10.7 Å². The van der Waals surface area contributed by atoms with E-state index in [9.17, 15) is 0 Å². The molecule has 4 heteroatoms. The first-order valence-corrected chi connectivity index (χ1v) is 8.28. The maximum absolute atomic E-state index is 5.36. The predicted octanol–water partition coefficient (Wildman–Crippen LogP) is 3.74. The summed E-state index contributed by atoms with van der Waals surface area (Å²) in [5.74, 6) is 0.721. The van der Waals surface area contributed by atoms with Crippen molar-refractivity contribution < 1.29 is 0 Å². The summed E-state index contributed by atoms with van der Waals surface area (Å²) in [5, 5.41) is 8.64. The van der Waals surface area contributed by atoms with Crippen LogP contribution in [0.4, 0.5) is 0 Å². The number of hydrogen-bond acceptors (Lipinski definition) is 2. The van der Waals surface area contributed by atoms with Crippen LogP contribution in [0, 0.1) is 5.92 Å². The molecule has 0 heterocycles. The molecule has 0 unspecified atom stereocenters. The Labute approximate surface area is 122 Å². The number of rotatable bonds is 2. The van der Waals surface area contributed by atoms with Crippen molar-refractivity contribution in [2.24, 2.45) is 11.0 Å². The molecule has 2 saturated carbocycles. The van der Waals surface area contributed by atoms with Gasteiger partial charge in [0.15, 0.2) is 5.11 Å². The summed E-state index contributed by atoms with van der Waals surface area (Å²) in [7, 11) is 0. The van der Waals surface area contributed by atoms with Gasteiger partial charge in [-0.05, 0) is 56.7 Å². The highest BCUT2D eigenvalue weighted by Gasteiger charge is 2.21. The number of hydrazone groups is 1. The van der Waals surface area contributed by atoms with Crippen LogP contribution in [0.5, 0.6) is 0 Å². The van der Waals surface area contributed by atoms with Gasteiger partial charge in [-0.2, -0.15) is 5.10 Å². The summed E-state index contributed by atoms with van der Waals surface area (Å²) in [5.41, 5.74) is 4.35. The van der Waals surface area contributed by atoms with E-state index in [4.69, 9.17) is 12.2 Å². The van der Waals surface area contributed by atoms with Crippen LogP contribution in [0.2, 0.25) is 0 Å². The zero-order chi connectivity index (χ0) is 13.5. The lowest BCUT2D eigenvalue weighted by Gasteiger charge is -2.30. The lowest BCUT2D eigenvalue weighted by atomic mass is 9.86. The molecule has 0 aromatic rings. The van der Waals surface area contributed by atoms with E-state index in [2.05, 4.69) is 22.8 Å². The Morgan fingerprint density at radius 2 is 1.74 bits per heavy atom. The maximum Gasteiger partial charge on any atom is 0.187 e. The van der Waals surface area contributed by atoms with Crippen LogP contribution in [-0.2, 0) is 0 Å². The average Bonchev–Trinajstić information content (AvgIpc) is 2.68. The highest BCUT2D eigenvalue weighted by molar-refractivity contribution is 7.80. The van der Waals surface area contributed by atoms with E-state index >= 15 is 0 Å². The minimum absolute atomic E-state index is 0.531. The van der Waals surface area contributed by atoms with Crippen molar-refractivity contribution in [2.75, 3.05) is 0 Å². The van der Waals surface area contributed by atoms with Crippen LogP contribution in [0.3, 0.4) is 0 Å². The van der Waals surface area contributed by atoms with E-state index < -0.39 is 0 Å². The fourth-order valence-electron chi connectivity index (χ4n) is 3.11. The smallest absolute Gasteiger partial charge is 0.187 e. The molecular weight excluding hydrogens is 254 g/mol. The third-order valence-corrected chi connectivity index (χ3v) is 4.63. The molecule has 3 nitrogen and oxygen atoms in total. The van der Waals surface area contributed by atoms with Gasteiger partial charge in [-0.3, -0.25) is 5.43 Å². The molecule has 2 N–H and O–H groups in total. The predicted molar refractivity (Wildman–Crippen MR) is 85.4 cm³/mol. The van der Waals surface area contributed by atoms with Crippen LogP contribution in [-0.4, -0.2) is 16.9 Å². The number of nitrogens with zero attached hydrogens (tertiary/aromatic N) is 1. The monoisotopic (exact) mass is 281 g/mol. The molecule has 0 spiro atoms. The maximum atomic E-state index is 5.36. The van der Waals surface area contributed by atoms with E-state index in [1.807, 2.05) is 0 Å². The zero-order valence-electron chi connectivity index (χ0n) is 12.1. The quantitative estimate of drug-likeness (QED) is 0.460. The molecule has 0 radical (unpaired) electrons. The number of nitrogens with one attached hydrogen (secondary N) is 2. The van der Waals surface area contributed by atoms with E-state index in [0.717, 1.165) is 18.8 Å². The first-order valence-electron chi connectivity index (χ1n) is 7.87. The standard InChI is InChI=1S/C15H27N3S/c1-12-8-6-7-11-14(12)16-15(19)18-17-13-9-4-2-3-5-10-13/h12,14H,2-11H2,1H3,(H2,16,18,19)/t12-,14+/m0/s1. The molecule has 108 valence electrons. The summed E-state index contributed by atoms with van der Waals surface area (Å²) in [6, 6.07) is 0.531. The van der Waals surface area contributed by atoms with Crippen molar-refractivity contribution in [1.29, 1.82) is 0 Å². The highest BCUT2D eigenvalue weighted by atomic mass is 32.1. The Kier molecular flexibility index (Phi) is 6.08. The van der Waals surface area contributed by atoms with Gasteiger partial charge >= 0.3 is 0 Å². The SMILES string of the molecule is C[C@H]1CCCC[C@H]1NC(=S)NN=C1CCCCCC1. The second-order valence-electron chi connectivity index (χ2n) is 6.05. The summed E-state index contributed by atoms with van der Waals surface area (Å²) in [6.07, 6.45) is 12.8. The summed E-state index contributed by atoms with van der Waals surface area (Å²) < 4.78 is 0. The molecule has 0 saturated heterocycles. The van der Waals surface area contributed by atoms with Gasteiger partial charge in [-0.25, -0.2) is 0 Å². The molecule has 2 aliphatic rings. The minimum atomic E-state index is 0.531. The van der Waals surface area contributed by atoms with Gasteiger partial charge in [-0.1, -0.05) is 32.6 Å². The Morgan fingerprint density at radius 1 is 1.05 bits per heavy atom. The van der Waals surface area contributed by atoms with Crippen LogP contribution in [0.1, 0.15) is 71.1 Å². The van der Waals surface area contributed by atoms with Crippen LogP contribution in [0.25, 0.3) is 0 Å². The van der Waals surface area contributed by atoms with Crippen LogP contribution >= 0.6 is 12.2 Å². The van der Waals surface area contributed by atoms with Gasteiger partial charge in [0.2, 0.25) is 0 Å². The van der Waals surface area contributed by atoms with Crippen molar-refractivity contribution in [2.45, 2.75) is 77.2 Å². The largest absolute Gasteiger partial charge is 0.358 e. The van der Waals surface area contributed by atoms with E-state index in [1.165, 1.54) is 57.1 Å². The first kappa shape index (κ1) is 14.8. The molecule has 2 aliphatic carbocycles. The zero-order valence-corrected chi connectivity index (χ0v) is 12.9. The molecule has 0 aromatic carbocycles. The molecule has 2 rings (SSSR count). The van der Waals surface area contributed by atoms with Gasteiger partial charge in [0.1, 0.15) is 0 Å². The molecule has 2 atom stereocenters. The summed E-state index contributed by atoms with van der Waals surface area (Å²) in [4.78, 5) is 0. The fraction of sp³-hybridized carbons (Fsp3) is 0.867. The fourth-order valence-corrected chi connectivity index (χ4v) is 3.31. The lowest BCUT2D eigenvalue weighted by molar-refractivity contribution is 0.308. The molecule has 0 aromatic heterocycles. The normalized spacial score (nSPS) is 28.4. The minimum Gasteiger partial charge on any atom is -0.358 e. The number of hydrogen-bond donors (Lipinski definition) is 2. The van der Waals surface area contributed by atoms with Crippen molar-refractivity contribution >= 4 is 23.0 Å². The summed E-state index contributed by atoms with van der Waals surface area (Å²) >= 11 is 5.36. The second kappa shape index (κ2) is 7.83. The third kappa shape index (κ3) is 5.09. The van der Waals surface area contributed by atoms with Gasteiger partial charge in [0, 0.05) is 11.8 Å². The molecule has 19 heavy (non-hydrogen) atoms. The Bertz CT molecular complexity index is 317. The van der Waals surface area contributed by atoms with Gasteiger partial charge in [0.05, 0.1) is 0 Å². The molecule has 0 bridgehead atoms. The second-order valence-corrected chi connectivity index (χ2v) is 6.45. The van der Waals surface area contributed by atoms with E-state index in [1.54, 1.807) is 0 Å². The highest BCUT2D eigenvalue weighted by Crippen LogP contribution is 2.23. The Balaban J connectivity index is 1.75. The van der Waals surface area contributed by atoms with Crippen LogP contribution in [0.15, 0.2) is 5.10 Å². The molecular formula is C15H27N3S. The lowest BCUT2D eigenvalue weighted by Crippen LogP contribution is -2.44. The van der Waals surface area contributed by atoms with Gasteiger partial charge in [0.25, 0.3) is 0 Å². The first-order chi connectivity index (χ1) is 9.25. The average molecular weight is 281 g/mol. The van der Waals surface area contributed by atoms with E-state index in [-0.39, 0.29) is 0 Å². The van der Waals surface area contributed by atoms with Gasteiger partial charge in [-0.15, -0.1) is 0 Å². The Hall–Kier alpha value is -0.640. The topological polar surface area (TPSA) is 36.4 Å². The van der Waals surface area contributed by atoms with Crippen molar-refractivity contribution in [3.63, 3.8) is 0 Å². The molecule has 2 fully saturated rings. The number of thiocarbonyl (C=S) groups is 1. The van der Waals surface area contributed by atoms with Crippen molar-refractivity contribution in [1.82, 2.24) is 10.7 Å². The molecule has 0 amide bonds. The molecule has 0 aliphatic heterocycles. The third-order valence-electron chi connectivity index (χ3n) is 4.42. The van der Waals surface area contributed by atoms with Crippen molar-refractivity contribution in [3.05, 3.63) is 0 Å². The van der Waals surface area contributed by atoms with E-state index in [0.29, 0.717) is 11.2 Å². The van der Waals surface area contributed by atoms with Gasteiger partial charge < -0.3 is 5.32 Å². The van der Waals surface area contributed by atoms with Crippen molar-refractivity contribution in [3.8, 4) is 0 Å².